The van der Waals surface area contributed by atoms with Crippen molar-refractivity contribution < 1.29 is 19.4 Å². The summed E-state index contributed by atoms with van der Waals surface area (Å²) in [5.41, 5.74) is 1.24. The van der Waals surface area contributed by atoms with Crippen LogP contribution in [0, 0.1) is 0 Å². The molecule has 0 fully saturated rings. The maximum Gasteiger partial charge on any atom is 0.414 e. The summed E-state index contributed by atoms with van der Waals surface area (Å²) < 4.78 is 5.31. The molecule has 3 aromatic rings. The Morgan fingerprint density at radius 2 is 1.67 bits per heavy atom. The molecule has 0 aliphatic heterocycles. The topological polar surface area (TPSA) is 66.8 Å². The number of fused-ring (bicyclic) bond motifs is 1. The van der Waals surface area contributed by atoms with Crippen LogP contribution >= 0.6 is 11.6 Å². The number of nitrogens with zero attached hydrogens (tertiary/aromatic N) is 1. The normalized spacial score (nSPS) is 10.6. The van der Waals surface area contributed by atoms with E-state index in [9.17, 15) is 14.7 Å². The lowest BCUT2D eigenvalue weighted by Crippen LogP contribution is -2.31. The highest BCUT2D eigenvalue weighted by atomic mass is 35.5. The maximum absolute atomic E-state index is 12.2. The second-order valence-electron chi connectivity index (χ2n) is 6.12. The lowest BCUT2D eigenvalue weighted by Gasteiger charge is -2.17. The summed E-state index contributed by atoms with van der Waals surface area (Å²) in [7, 11) is 1.66. The molecular weight excluding hydrogens is 366 g/mol. The summed E-state index contributed by atoms with van der Waals surface area (Å²) in [6.07, 6.45) is 0.107. The molecule has 6 heteroatoms. The van der Waals surface area contributed by atoms with Crippen LogP contribution in [0.4, 0.5) is 4.79 Å². The molecule has 0 radical (unpaired) electrons. The summed E-state index contributed by atoms with van der Waals surface area (Å²) in [6.45, 7) is 0.433. The van der Waals surface area contributed by atoms with Gasteiger partial charge in [-0.05, 0) is 53.1 Å². The molecule has 0 heterocycles. The number of carboxylic acids is 1. The third-order valence-corrected chi connectivity index (χ3v) is 4.54. The maximum atomic E-state index is 12.2. The molecule has 0 aliphatic carbocycles. The van der Waals surface area contributed by atoms with Gasteiger partial charge in [-0.3, -0.25) is 0 Å². The van der Waals surface area contributed by atoms with E-state index in [4.69, 9.17) is 16.3 Å². The van der Waals surface area contributed by atoms with E-state index in [1.165, 1.54) is 4.90 Å². The summed E-state index contributed by atoms with van der Waals surface area (Å²) >= 11 is 5.82. The first-order chi connectivity index (χ1) is 13.0. The van der Waals surface area contributed by atoms with Crippen molar-refractivity contribution in [3.63, 3.8) is 0 Å². The quantitative estimate of drug-likeness (QED) is 0.682. The highest BCUT2D eigenvalue weighted by molar-refractivity contribution is 6.30. The minimum Gasteiger partial charge on any atom is -0.478 e. The van der Waals surface area contributed by atoms with Gasteiger partial charge in [0.25, 0.3) is 0 Å². The molecule has 1 N–H and O–H groups in total. The van der Waals surface area contributed by atoms with Crippen molar-refractivity contribution in [2.45, 2.75) is 6.42 Å². The number of carboxylic acid groups (broad SMARTS) is 1. The Kier molecular flexibility index (Phi) is 5.62. The van der Waals surface area contributed by atoms with Crippen molar-refractivity contribution in [2.24, 2.45) is 0 Å². The van der Waals surface area contributed by atoms with Crippen LogP contribution in [0.25, 0.3) is 10.8 Å². The van der Waals surface area contributed by atoms with Crippen LogP contribution in [0.3, 0.4) is 0 Å². The van der Waals surface area contributed by atoms with Crippen molar-refractivity contribution in [2.75, 3.05) is 13.6 Å². The van der Waals surface area contributed by atoms with Crippen molar-refractivity contribution in [3.8, 4) is 5.75 Å². The molecule has 3 rings (SSSR count). The highest BCUT2D eigenvalue weighted by Gasteiger charge is 2.14. The first-order valence-electron chi connectivity index (χ1n) is 8.38. The Bertz CT molecular complexity index is 985. The fourth-order valence-corrected chi connectivity index (χ4v) is 2.95. The molecule has 0 aliphatic rings. The molecule has 1 amide bonds. The SMILES string of the molecule is CN(CCc1ccc(C(=O)O)c2ccccc12)C(=O)Oc1ccc(Cl)cc1. The molecular formula is C21H18ClNO4. The number of likely N-dealkylation sites (N-methyl/N-ethyl adjacent to an activating group) is 1. The molecule has 27 heavy (non-hydrogen) atoms. The fraction of sp³-hybridized carbons (Fsp3) is 0.143. The Labute approximate surface area is 161 Å². The summed E-state index contributed by atoms with van der Waals surface area (Å²) in [4.78, 5) is 25.1. The van der Waals surface area contributed by atoms with E-state index in [0.717, 1.165) is 10.9 Å². The fourth-order valence-electron chi connectivity index (χ4n) is 2.83. The molecule has 0 saturated carbocycles. The number of aromatic carboxylic acids is 1. The minimum absolute atomic E-state index is 0.268. The van der Waals surface area contributed by atoms with Gasteiger partial charge < -0.3 is 14.7 Å². The van der Waals surface area contributed by atoms with Crippen molar-refractivity contribution >= 4 is 34.4 Å². The number of ether oxygens (including phenoxy) is 1. The highest BCUT2D eigenvalue weighted by Crippen LogP contribution is 2.24. The lowest BCUT2D eigenvalue weighted by molar-refractivity contribution is 0.0699. The monoisotopic (exact) mass is 383 g/mol. The van der Waals surface area contributed by atoms with Gasteiger partial charge in [0.05, 0.1) is 5.56 Å². The van der Waals surface area contributed by atoms with E-state index in [1.54, 1.807) is 49.5 Å². The molecule has 0 aromatic heterocycles. The van der Waals surface area contributed by atoms with Crippen LogP contribution in [0.15, 0.2) is 60.7 Å². The van der Waals surface area contributed by atoms with E-state index in [0.29, 0.717) is 29.1 Å². The van der Waals surface area contributed by atoms with E-state index < -0.39 is 12.1 Å². The molecule has 3 aromatic carbocycles. The Hall–Kier alpha value is -3.05. The number of carbonyl (C=O) groups excluding carboxylic acids is 1. The van der Waals surface area contributed by atoms with Crippen LogP contribution in [-0.4, -0.2) is 35.7 Å². The van der Waals surface area contributed by atoms with Gasteiger partial charge in [0.15, 0.2) is 0 Å². The third kappa shape index (κ3) is 4.38. The predicted octanol–water partition coefficient (Wildman–Crippen LogP) is 4.86. The van der Waals surface area contributed by atoms with E-state index in [2.05, 4.69) is 0 Å². The zero-order valence-corrected chi connectivity index (χ0v) is 15.4. The predicted molar refractivity (Wildman–Crippen MR) is 105 cm³/mol. The number of halogens is 1. The summed E-state index contributed by atoms with van der Waals surface area (Å²) in [5.74, 6) is -0.533. The second-order valence-corrected chi connectivity index (χ2v) is 6.55. The molecule has 138 valence electrons. The van der Waals surface area contributed by atoms with Gasteiger partial charge in [0.1, 0.15) is 5.75 Å². The average molecular weight is 384 g/mol. The number of hydrogen-bond acceptors (Lipinski definition) is 3. The summed E-state index contributed by atoms with van der Waals surface area (Å²) in [6, 6.07) is 17.3. The largest absolute Gasteiger partial charge is 0.478 e. The molecule has 0 spiro atoms. The zero-order chi connectivity index (χ0) is 19.4. The van der Waals surface area contributed by atoms with Crippen LogP contribution < -0.4 is 4.74 Å². The lowest BCUT2D eigenvalue weighted by atomic mass is 9.98. The van der Waals surface area contributed by atoms with Gasteiger partial charge in [-0.15, -0.1) is 0 Å². The minimum atomic E-state index is -0.957. The van der Waals surface area contributed by atoms with Gasteiger partial charge >= 0.3 is 12.1 Å². The zero-order valence-electron chi connectivity index (χ0n) is 14.7. The first kappa shape index (κ1) is 18.7. The van der Waals surface area contributed by atoms with Gasteiger partial charge in [-0.1, -0.05) is 41.9 Å². The standard InChI is InChI=1S/C21H18ClNO4/c1-23(21(26)27-16-9-7-15(22)8-10-16)13-12-14-6-11-19(20(24)25)18-5-3-2-4-17(14)18/h2-11H,12-13H2,1H3,(H,24,25). The van der Waals surface area contributed by atoms with Crippen LogP contribution in [0.2, 0.25) is 5.02 Å². The van der Waals surface area contributed by atoms with E-state index >= 15 is 0 Å². The van der Waals surface area contributed by atoms with Crippen LogP contribution in [0.1, 0.15) is 15.9 Å². The number of carbonyl (C=O) groups is 2. The Morgan fingerprint density at radius 3 is 2.33 bits per heavy atom. The first-order valence-corrected chi connectivity index (χ1v) is 8.76. The van der Waals surface area contributed by atoms with Crippen LogP contribution in [0.5, 0.6) is 5.75 Å². The smallest absolute Gasteiger partial charge is 0.414 e. The molecule has 0 saturated heterocycles. The van der Waals surface area contributed by atoms with Crippen molar-refractivity contribution in [1.82, 2.24) is 4.90 Å². The van der Waals surface area contributed by atoms with Gasteiger partial charge in [0.2, 0.25) is 0 Å². The molecule has 0 bridgehead atoms. The number of rotatable bonds is 5. The molecule has 0 atom stereocenters. The Morgan fingerprint density at radius 1 is 1.00 bits per heavy atom. The van der Waals surface area contributed by atoms with E-state index in [-0.39, 0.29) is 5.56 Å². The van der Waals surface area contributed by atoms with Crippen molar-refractivity contribution in [3.05, 3.63) is 76.8 Å². The van der Waals surface area contributed by atoms with Crippen LogP contribution in [-0.2, 0) is 6.42 Å². The van der Waals surface area contributed by atoms with E-state index in [1.807, 2.05) is 18.2 Å². The number of hydrogen-bond donors (Lipinski definition) is 1. The second kappa shape index (κ2) is 8.10. The number of benzene rings is 3. The van der Waals surface area contributed by atoms with Gasteiger partial charge in [-0.25, -0.2) is 9.59 Å². The van der Waals surface area contributed by atoms with Gasteiger partial charge in [0, 0.05) is 18.6 Å². The van der Waals surface area contributed by atoms with Gasteiger partial charge in [-0.2, -0.15) is 0 Å². The average Bonchev–Trinajstić information content (AvgIpc) is 2.67. The molecule has 5 nitrogen and oxygen atoms in total. The number of amides is 1. The summed E-state index contributed by atoms with van der Waals surface area (Å²) in [5, 5.41) is 11.5. The Balaban J connectivity index is 1.71. The van der Waals surface area contributed by atoms with Crippen molar-refractivity contribution in [1.29, 1.82) is 0 Å². The molecule has 0 unspecified atom stereocenters. The third-order valence-electron chi connectivity index (χ3n) is 4.29.